The number of hydrogen-bond acceptors (Lipinski definition) is 4. The van der Waals surface area contributed by atoms with Gasteiger partial charge in [-0.05, 0) is 48.4 Å². The molecule has 124 valence electrons. The molecule has 2 N–H and O–H groups in total. The predicted molar refractivity (Wildman–Crippen MR) is 85.8 cm³/mol. The molecule has 1 heterocycles. The van der Waals surface area contributed by atoms with Crippen LogP contribution in [0.5, 0.6) is 0 Å². The average Bonchev–Trinajstić information content (AvgIpc) is 2.92. The molecule has 3 aromatic rings. The lowest BCUT2D eigenvalue weighted by Gasteiger charge is -2.05. The zero-order valence-corrected chi connectivity index (χ0v) is 13.4. The fourth-order valence-electron chi connectivity index (χ4n) is 2.25. The first-order valence-corrected chi connectivity index (χ1v) is 8.36. The number of anilines is 1. The van der Waals surface area contributed by atoms with Crippen molar-refractivity contribution < 1.29 is 17.2 Å². The number of aryl methyl sites for hydroxylation is 1. The lowest BCUT2D eigenvalue weighted by Crippen LogP contribution is -2.14. The van der Waals surface area contributed by atoms with Crippen molar-refractivity contribution in [2.45, 2.75) is 11.8 Å². The van der Waals surface area contributed by atoms with Gasteiger partial charge in [0.1, 0.15) is 11.6 Å². The second kappa shape index (κ2) is 5.72. The molecule has 0 unspecified atom stereocenters. The molecule has 0 atom stereocenters. The number of nitrogens with zero attached hydrogens (tertiary/aromatic N) is 2. The summed E-state index contributed by atoms with van der Waals surface area (Å²) in [5, 5.41) is 3.81. The van der Waals surface area contributed by atoms with E-state index in [-0.39, 0.29) is 21.8 Å². The number of rotatable bonds is 3. The Labute approximate surface area is 137 Å². The fraction of sp³-hybridized carbons (Fsp3) is 0.0625. The van der Waals surface area contributed by atoms with Crippen molar-refractivity contribution in [3.8, 4) is 11.1 Å². The second-order valence-electron chi connectivity index (χ2n) is 5.23. The van der Waals surface area contributed by atoms with Crippen molar-refractivity contribution in [2.24, 2.45) is 0 Å². The quantitative estimate of drug-likeness (QED) is 0.788. The smallest absolute Gasteiger partial charge is 0.283 e. The van der Waals surface area contributed by atoms with Gasteiger partial charge in [-0.2, -0.15) is 12.5 Å². The van der Waals surface area contributed by atoms with E-state index in [9.17, 15) is 17.2 Å². The van der Waals surface area contributed by atoms with Crippen LogP contribution in [0.3, 0.4) is 0 Å². The van der Waals surface area contributed by atoms with E-state index >= 15 is 0 Å². The second-order valence-corrected chi connectivity index (χ2v) is 7.02. The van der Waals surface area contributed by atoms with E-state index in [0.29, 0.717) is 9.65 Å². The lowest BCUT2D eigenvalue weighted by atomic mass is 10.1. The fourth-order valence-corrected chi connectivity index (χ4v) is 3.47. The van der Waals surface area contributed by atoms with Gasteiger partial charge in [-0.25, -0.2) is 8.78 Å². The van der Waals surface area contributed by atoms with E-state index in [2.05, 4.69) is 5.10 Å². The van der Waals surface area contributed by atoms with E-state index < -0.39 is 21.7 Å². The Morgan fingerprint density at radius 2 is 1.88 bits per heavy atom. The normalized spacial score (nSPS) is 11.6. The monoisotopic (exact) mass is 349 g/mol. The molecule has 0 bridgehead atoms. The third-order valence-electron chi connectivity index (χ3n) is 3.53. The molecule has 2 aromatic carbocycles. The number of hydrogen-bond donors (Lipinski definition) is 1. The van der Waals surface area contributed by atoms with Gasteiger partial charge in [-0.3, -0.25) is 0 Å². The summed E-state index contributed by atoms with van der Waals surface area (Å²) < 4.78 is 52.6. The third-order valence-corrected chi connectivity index (χ3v) is 5.06. The van der Waals surface area contributed by atoms with Gasteiger partial charge in [0.25, 0.3) is 10.0 Å². The molecule has 0 amide bonds. The van der Waals surface area contributed by atoms with Crippen LogP contribution < -0.4 is 5.73 Å². The average molecular weight is 349 g/mol. The number of halogens is 2. The minimum atomic E-state index is -4.03. The van der Waals surface area contributed by atoms with Gasteiger partial charge < -0.3 is 5.73 Å². The Hall–Kier alpha value is -2.74. The number of aromatic nitrogens is 2. The van der Waals surface area contributed by atoms with Crippen LogP contribution >= 0.6 is 0 Å². The van der Waals surface area contributed by atoms with Crippen LogP contribution in [0.15, 0.2) is 53.6 Å². The molecule has 5 nitrogen and oxygen atoms in total. The molecule has 3 rings (SSSR count). The Morgan fingerprint density at radius 3 is 2.54 bits per heavy atom. The van der Waals surface area contributed by atoms with Crippen molar-refractivity contribution >= 4 is 15.8 Å². The van der Waals surface area contributed by atoms with Crippen molar-refractivity contribution in [2.75, 3.05) is 5.73 Å². The van der Waals surface area contributed by atoms with Crippen LogP contribution in [-0.2, 0) is 10.0 Å². The Morgan fingerprint density at radius 1 is 1.12 bits per heavy atom. The van der Waals surface area contributed by atoms with E-state index in [1.807, 2.05) is 0 Å². The molecule has 0 fully saturated rings. The van der Waals surface area contributed by atoms with Gasteiger partial charge in [0.05, 0.1) is 11.1 Å². The minimum absolute atomic E-state index is 0.0528. The molecule has 0 saturated carbocycles. The van der Waals surface area contributed by atoms with Crippen LogP contribution in [-0.4, -0.2) is 17.6 Å². The highest BCUT2D eigenvalue weighted by atomic mass is 32.2. The number of benzene rings is 2. The first kappa shape index (κ1) is 16.1. The summed E-state index contributed by atoms with van der Waals surface area (Å²) in [7, 11) is -4.03. The highest BCUT2D eigenvalue weighted by molar-refractivity contribution is 7.89. The number of nitrogens with two attached hydrogens (primary N) is 1. The SMILES string of the molecule is Cc1cc(S(=O)(=O)n2cc(-c3cccc(F)c3)c(N)n2)ccc1F. The zero-order valence-electron chi connectivity index (χ0n) is 12.6. The van der Waals surface area contributed by atoms with E-state index in [4.69, 9.17) is 5.73 Å². The van der Waals surface area contributed by atoms with Gasteiger partial charge in [-0.1, -0.05) is 12.1 Å². The summed E-state index contributed by atoms with van der Waals surface area (Å²) in [6.07, 6.45) is 1.21. The molecule has 0 radical (unpaired) electrons. The summed E-state index contributed by atoms with van der Waals surface area (Å²) in [6, 6.07) is 9.01. The molecule has 0 saturated heterocycles. The molecule has 8 heteroatoms. The standard InChI is InChI=1S/C16H13F2N3O2S/c1-10-7-13(5-6-15(10)18)24(22,23)21-9-14(16(19)20-21)11-3-2-4-12(17)8-11/h2-9H,1H3,(H2,19,20). The van der Waals surface area contributed by atoms with Crippen LogP contribution in [0.4, 0.5) is 14.6 Å². The molecular weight excluding hydrogens is 336 g/mol. The Bertz CT molecular complexity index is 1030. The van der Waals surface area contributed by atoms with Crippen molar-refractivity contribution in [1.82, 2.24) is 9.19 Å². The summed E-state index contributed by atoms with van der Waals surface area (Å²) in [6.45, 7) is 1.46. The van der Waals surface area contributed by atoms with Crippen molar-refractivity contribution in [1.29, 1.82) is 0 Å². The van der Waals surface area contributed by atoms with E-state index in [1.54, 1.807) is 6.07 Å². The van der Waals surface area contributed by atoms with Gasteiger partial charge in [0, 0.05) is 5.56 Å². The number of nitrogen functional groups attached to an aromatic ring is 1. The zero-order chi connectivity index (χ0) is 17.5. The summed E-state index contributed by atoms with van der Waals surface area (Å²) in [4.78, 5) is -0.116. The molecule has 0 aliphatic rings. The van der Waals surface area contributed by atoms with Crippen molar-refractivity contribution in [3.63, 3.8) is 0 Å². The Kier molecular flexibility index (Phi) is 3.84. The maximum absolute atomic E-state index is 13.4. The van der Waals surface area contributed by atoms with E-state index in [0.717, 1.165) is 12.1 Å². The highest BCUT2D eigenvalue weighted by Crippen LogP contribution is 2.27. The molecule has 0 aliphatic carbocycles. The molecular formula is C16H13F2N3O2S. The van der Waals surface area contributed by atoms with Crippen molar-refractivity contribution in [3.05, 3.63) is 65.9 Å². The topological polar surface area (TPSA) is 78.0 Å². The third kappa shape index (κ3) is 2.76. The van der Waals surface area contributed by atoms with Gasteiger partial charge >= 0.3 is 0 Å². The maximum atomic E-state index is 13.4. The Balaban J connectivity index is 2.10. The van der Waals surface area contributed by atoms with Gasteiger partial charge in [0.2, 0.25) is 0 Å². The van der Waals surface area contributed by atoms with Gasteiger partial charge in [0.15, 0.2) is 5.82 Å². The summed E-state index contributed by atoms with van der Waals surface area (Å²) >= 11 is 0. The summed E-state index contributed by atoms with van der Waals surface area (Å²) in [5.74, 6) is -1.03. The molecule has 24 heavy (non-hydrogen) atoms. The highest BCUT2D eigenvalue weighted by Gasteiger charge is 2.21. The first-order chi connectivity index (χ1) is 11.3. The molecule has 1 aromatic heterocycles. The largest absolute Gasteiger partial charge is 0.382 e. The summed E-state index contributed by atoms with van der Waals surface area (Å²) in [5.41, 5.74) is 6.66. The minimum Gasteiger partial charge on any atom is -0.382 e. The lowest BCUT2D eigenvalue weighted by molar-refractivity contribution is 0.578. The van der Waals surface area contributed by atoms with Crippen LogP contribution in [0.2, 0.25) is 0 Å². The molecule has 0 aliphatic heterocycles. The first-order valence-electron chi connectivity index (χ1n) is 6.92. The van der Waals surface area contributed by atoms with Gasteiger partial charge in [-0.15, -0.1) is 5.10 Å². The molecule has 0 spiro atoms. The van der Waals surface area contributed by atoms with Crippen LogP contribution in [0.25, 0.3) is 11.1 Å². The maximum Gasteiger partial charge on any atom is 0.283 e. The van der Waals surface area contributed by atoms with Crippen LogP contribution in [0.1, 0.15) is 5.56 Å². The van der Waals surface area contributed by atoms with E-state index in [1.165, 1.54) is 37.4 Å². The predicted octanol–water partition coefficient (Wildman–Crippen LogP) is 2.96. The van der Waals surface area contributed by atoms with Crippen LogP contribution in [0, 0.1) is 18.6 Å².